The van der Waals surface area contributed by atoms with E-state index in [0.717, 1.165) is 54.9 Å². The standard InChI is InChI=1S/C27H39N3O/c1-19-6-11-26-24(15-19)16-22(4)30(26)25-9-7-23(8-10-25)27(31)28-12-5-13-29-17-20(2)14-21(3)18-29/h7-10,16,19-21H,5-6,11-15,17-18H2,1-4H3,(H,28,31)/t19-,20-,21+/m1/s1. The first-order valence-electron chi connectivity index (χ1n) is 12.2. The molecular formula is C27H39N3O. The number of carbonyl (C=O) groups is 1. The summed E-state index contributed by atoms with van der Waals surface area (Å²) in [7, 11) is 0. The number of hydrogen-bond acceptors (Lipinski definition) is 2. The molecule has 31 heavy (non-hydrogen) atoms. The number of aryl methyl sites for hydroxylation is 1. The number of fused-ring (bicyclic) bond motifs is 1. The number of piperidine rings is 1. The van der Waals surface area contributed by atoms with Crippen LogP contribution >= 0.6 is 0 Å². The van der Waals surface area contributed by atoms with E-state index in [4.69, 9.17) is 0 Å². The van der Waals surface area contributed by atoms with Crippen LogP contribution in [0.3, 0.4) is 0 Å². The zero-order valence-corrected chi connectivity index (χ0v) is 19.8. The monoisotopic (exact) mass is 421 g/mol. The summed E-state index contributed by atoms with van der Waals surface area (Å²) in [5, 5.41) is 3.11. The average Bonchev–Trinajstić information content (AvgIpc) is 3.05. The highest BCUT2D eigenvalue weighted by molar-refractivity contribution is 5.94. The van der Waals surface area contributed by atoms with E-state index in [9.17, 15) is 4.79 Å². The summed E-state index contributed by atoms with van der Waals surface area (Å²) in [4.78, 5) is 15.2. The summed E-state index contributed by atoms with van der Waals surface area (Å²) in [6.07, 6.45) is 5.93. The van der Waals surface area contributed by atoms with Crippen LogP contribution in [0.25, 0.3) is 5.69 Å². The maximum Gasteiger partial charge on any atom is 0.251 e. The lowest BCUT2D eigenvalue weighted by Gasteiger charge is -2.34. The number of rotatable bonds is 6. The molecule has 1 aliphatic heterocycles. The van der Waals surface area contributed by atoms with Crippen LogP contribution in [0.2, 0.25) is 0 Å². The predicted octanol–water partition coefficient (Wildman–Crippen LogP) is 5.01. The van der Waals surface area contributed by atoms with Gasteiger partial charge in [-0.3, -0.25) is 4.79 Å². The van der Waals surface area contributed by atoms with Gasteiger partial charge < -0.3 is 14.8 Å². The lowest BCUT2D eigenvalue weighted by molar-refractivity contribution is 0.0947. The Morgan fingerprint density at radius 2 is 1.77 bits per heavy atom. The Labute approximate surface area is 188 Å². The molecule has 3 atom stereocenters. The number of nitrogens with zero attached hydrogens (tertiary/aromatic N) is 2. The number of amides is 1. The van der Waals surface area contributed by atoms with E-state index < -0.39 is 0 Å². The van der Waals surface area contributed by atoms with Gasteiger partial charge in [-0.25, -0.2) is 0 Å². The fourth-order valence-corrected chi connectivity index (χ4v) is 5.77. The maximum atomic E-state index is 12.6. The van der Waals surface area contributed by atoms with E-state index in [0.29, 0.717) is 0 Å². The summed E-state index contributed by atoms with van der Waals surface area (Å²) >= 11 is 0. The summed E-state index contributed by atoms with van der Waals surface area (Å²) in [6, 6.07) is 10.5. The predicted molar refractivity (Wildman–Crippen MR) is 128 cm³/mol. The molecule has 0 radical (unpaired) electrons. The van der Waals surface area contributed by atoms with Crippen molar-refractivity contribution in [2.75, 3.05) is 26.2 Å². The fourth-order valence-electron chi connectivity index (χ4n) is 5.77. The van der Waals surface area contributed by atoms with E-state index in [-0.39, 0.29) is 5.91 Å². The number of carbonyl (C=O) groups excluding carboxylic acids is 1. The number of benzene rings is 1. The van der Waals surface area contributed by atoms with Crippen molar-refractivity contribution in [3.8, 4) is 5.69 Å². The molecule has 0 spiro atoms. The van der Waals surface area contributed by atoms with Crippen LogP contribution in [0.5, 0.6) is 0 Å². The zero-order valence-electron chi connectivity index (χ0n) is 19.8. The number of hydrogen-bond donors (Lipinski definition) is 1. The van der Waals surface area contributed by atoms with Gasteiger partial charge in [0.05, 0.1) is 0 Å². The first kappa shape index (κ1) is 22.1. The van der Waals surface area contributed by atoms with Crippen LogP contribution in [0.1, 0.15) is 67.3 Å². The Morgan fingerprint density at radius 1 is 1.06 bits per heavy atom. The molecule has 1 fully saturated rings. The molecule has 4 nitrogen and oxygen atoms in total. The van der Waals surface area contributed by atoms with E-state index in [1.54, 1.807) is 0 Å². The zero-order chi connectivity index (χ0) is 22.0. The fraction of sp³-hybridized carbons (Fsp3) is 0.593. The molecule has 1 aromatic carbocycles. The Hall–Kier alpha value is -2.07. The molecule has 168 valence electrons. The Bertz CT molecular complexity index is 888. The van der Waals surface area contributed by atoms with Gasteiger partial charge in [0.25, 0.3) is 5.91 Å². The Morgan fingerprint density at radius 3 is 2.48 bits per heavy atom. The quantitative estimate of drug-likeness (QED) is 0.666. The SMILES string of the molecule is Cc1cc2c(n1-c1ccc(C(=O)NCCCN3C[C@H](C)C[C@H](C)C3)cc1)CC[C@@H](C)C2. The van der Waals surface area contributed by atoms with Crippen molar-refractivity contribution in [3.63, 3.8) is 0 Å². The van der Waals surface area contributed by atoms with E-state index in [2.05, 4.69) is 60.7 Å². The normalized spacial score (nSPS) is 24.1. The average molecular weight is 422 g/mol. The molecule has 4 rings (SSSR count). The summed E-state index contributed by atoms with van der Waals surface area (Å²) in [6.45, 7) is 13.4. The van der Waals surface area contributed by atoms with Gasteiger partial charge in [0.2, 0.25) is 0 Å². The van der Waals surface area contributed by atoms with Crippen LogP contribution in [0.15, 0.2) is 30.3 Å². The number of likely N-dealkylation sites (tertiary alicyclic amines) is 1. The Balaban J connectivity index is 1.31. The van der Waals surface area contributed by atoms with E-state index >= 15 is 0 Å². The van der Waals surface area contributed by atoms with Gasteiger partial charge in [-0.2, -0.15) is 0 Å². The molecule has 4 heteroatoms. The smallest absolute Gasteiger partial charge is 0.251 e. The van der Waals surface area contributed by atoms with Crippen LogP contribution in [0, 0.1) is 24.7 Å². The van der Waals surface area contributed by atoms with Crippen molar-refractivity contribution in [2.45, 2.75) is 59.8 Å². The van der Waals surface area contributed by atoms with Crippen LogP contribution in [0.4, 0.5) is 0 Å². The third kappa shape index (κ3) is 5.23. The first-order valence-corrected chi connectivity index (χ1v) is 12.2. The lowest BCUT2D eigenvalue weighted by Crippen LogP contribution is -2.40. The van der Waals surface area contributed by atoms with Crippen LogP contribution in [-0.2, 0) is 12.8 Å². The second kappa shape index (κ2) is 9.60. The van der Waals surface area contributed by atoms with Gasteiger partial charge in [0, 0.05) is 42.3 Å². The van der Waals surface area contributed by atoms with Crippen molar-refractivity contribution >= 4 is 5.91 Å². The third-order valence-corrected chi connectivity index (χ3v) is 7.09. The van der Waals surface area contributed by atoms with Gasteiger partial charge in [0.1, 0.15) is 0 Å². The topological polar surface area (TPSA) is 37.3 Å². The van der Waals surface area contributed by atoms with E-state index in [1.807, 2.05) is 12.1 Å². The van der Waals surface area contributed by atoms with Crippen molar-refractivity contribution in [2.24, 2.45) is 17.8 Å². The highest BCUT2D eigenvalue weighted by Gasteiger charge is 2.22. The highest BCUT2D eigenvalue weighted by Crippen LogP contribution is 2.30. The molecule has 1 aliphatic carbocycles. The first-order chi connectivity index (χ1) is 14.9. The van der Waals surface area contributed by atoms with Crippen LogP contribution < -0.4 is 5.32 Å². The molecule has 2 heterocycles. The molecule has 0 bridgehead atoms. The van der Waals surface area contributed by atoms with Gasteiger partial charge >= 0.3 is 0 Å². The van der Waals surface area contributed by atoms with Gasteiger partial charge in [0.15, 0.2) is 0 Å². The second-order valence-corrected chi connectivity index (χ2v) is 10.3. The van der Waals surface area contributed by atoms with Crippen molar-refractivity contribution in [1.29, 1.82) is 0 Å². The van der Waals surface area contributed by atoms with Gasteiger partial charge in [-0.05, 0) is 99.2 Å². The lowest BCUT2D eigenvalue weighted by atomic mass is 9.89. The molecule has 0 saturated carbocycles. The summed E-state index contributed by atoms with van der Waals surface area (Å²) < 4.78 is 2.38. The molecule has 2 aliphatic rings. The minimum atomic E-state index is 0.0343. The Kier molecular flexibility index (Phi) is 6.86. The molecular weight excluding hydrogens is 382 g/mol. The molecule has 1 saturated heterocycles. The maximum absolute atomic E-state index is 12.6. The molecule has 0 unspecified atom stereocenters. The molecule has 1 aromatic heterocycles. The van der Waals surface area contributed by atoms with E-state index in [1.165, 1.54) is 49.3 Å². The third-order valence-electron chi connectivity index (χ3n) is 7.09. The summed E-state index contributed by atoms with van der Waals surface area (Å²) in [5.74, 6) is 2.38. The molecule has 2 aromatic rings. The van der Waals surface area contributed by atoms with Gasteiger partial charge in [-0.1, -0.05) is 20.8 Å². The summed E-state index contributed by atoms with van der Waals surface area (Å²) in [5.41, 5.74) is 6.15. The highest BCUT2D eigenvalue weighted by atomic mass is 16.1. The molecule has 1 amide bonds. The minimum absolute atomic E-state index is 0.0343. The van der Waals surface area contributed by atoms with Gasteiger partial charge in [-0.15, -0.1) is 0 Å². The largest absolute Gasteiger partial charge is 0.352 e. The van der Waals surface area contributed by atoms with Crippen molar-refractivity contribution < 1.29 is 4.79 Å². The van der Waals surface area contributed by atoms with Crippen LogP contribution in [-0.4, -0.2) is 41.6 Å². The van der Waals surface area contributed by atoms with Crippen molar-refractivity contribution in [3.05, 3.63) is 52.8 Å². The second-order valence-electron chi connectivity index (χ2n) is 10.3. The van der Waals surface area contributed by atoms with Crippen molar-refractivity contribution in [1.82, 2.24) is 14.8 Å². The molecule has 1 N–H and O–H groups in total. The number of aromatic nitrogens is 1. The number of nitrogens with one attached hydrogen (secondary N) is 1. The minimum Gasteiger partial charge on any atom is -0.352 e.